The van der Waals surface area contributed by atoms with E-state index in [0.29, 0.717) is 11.0 Å². The van der Waals surface area contributed by atoms with Crippen LogP contribution in [0.2, 0.25) is 0 Å². The molecule has 0 amide bonds. The fourth-order valence-corrected chi connectivity index (χ4v) is 3.71. The number of aromatic nitrogens is 3. The molecule has 3 rings (SSSR count). The number of methoxy groups -OCH3 is 1. The van der Waals surface area contributed by atoms with E-state index in [1.165, 1.54) is 17.3 Å². The number of nitrogens with zero attached hydrogens (tertiary/aromatic N) is 3. The first-order chi connectivity index (χ1) is 12.9. The molecule has 2 aromatic carbocycles. The molecule has 0 spiro atoms. The third-order valence-corrected chi connectivity index (χ3v) is 5.76. The first-order valence-electron chi connectivity index (χ1n) is 8.73. The molecule has 0 aliphatic heterocycles. The second-order valence-electron chi connectivity index (χ2n) is 6.49. The molecule has 1 heterocycles. The number of thioether (sulfide) groups is 1. The lowest BCUT2D eigenvalue weighted by Crippen LogP contribution is -2.14. The van der Waals surface area contributed by atoms with Crippen molar-refractivity contribution in [3.8, 4) is 17.1 Å². The summed E-state index contributed by atoms with van der Waals surface area (Å²) in [6, 6.07) is 13.5. The number of carbonyl (C=O) groups is 1. The van der Waals surface area contributed by atoms with Crippen LogP contribution in [0.15, 0.2) is 47.6 Å². The smallest absolute Gasteiger partial charge is 0.191 e. The molecule has 0 N–H and O–H groups in total. The van der Waals surface area contributed by atoms with Crippen LogP contribution in [0.25, 0.3) is 11.4 Å². The summed E-state index contributed by atoms with van der Waals surface area (Å²) < 4.78 is 7.32. The number of benzene rings is 2. The van der Waals surface area contributed by atoms with Crippen LogP contribution in [0.4, 0.5) is 0 Å². The van der Waals surface area contributed by atoms with Crippen LogP contribution in [0.5, 0.6) is 5.75 Å². The lowest BCUT2D eigenvalue weighted by Gasteiger charge is -2.12. The van der Waals surface area contributed by atoms with Gasteiger partial charge in [0.25, 0.3) is 0 Å². The normalized spacial score (nSPS) is 12.0. The number of hydrogen-bond donors (Lipinski definition) is 0. The van der Waals surface area contributed by atoms with Crippen molar-refractivity contribution in [1.29, 1.82) is 0 Å². The van der Waals surface area contributed by atoms with Crippen molar-refractivity contribution >= 4 is 17.5 Å². The number of carbonyl (C=O) groups excluding carboxylic acids is 1. The molecule has 0 fully saturated rings. The molecule has 140 valence electrons. The molecule has 1 atom stereocenters. The number of para-hydroxylation sites is 1. The Balaban J connectivity index is 1.83. The molecule has 0 aliphatic carbocycles. The van der Waals surface area contributed by atoms with Gasteiger partial charge in [-0.1, -0.05) is 36.0 Å². The largest absolute Gasteiger partial charge is 0.496 e. The Bertz CT molecular complexity index is 981. The van der Waals surface area contributed by atoms with Crippen molar-refractivity contribution in [1.82, 2.24) is 14.8 Å². The summed E-state index contributed by atoms with van der Waals surface area (Å²) in [5, 5.41) is 9.02. The Morgan fingerprint density at radius 1 is 1.11 bits per heavy atom. The van der Waals surface area contributed by atoms with E-state index in [9.17, 15) is 4.79 Å². The zero-order valence-corrected chi connectivity index (χ0v) is 17.0. The third-order valence-electron chi connectivity index (χ3n) is 4.63. The molecular weight excluding hydrogens is 358 g/mol. The summed E-state index contributed by atoms with van der Waals surface area (Å²) in [6.07, 6.45) is 0. The van der Waals surface area contributed by atoms with Crippen molar-refractivity contribution in [2.45, 2.75) is 31.2 Å². The SMILES string of the molecule is COc1ccccc1-c1nnc(SC(C)C(=O)c2ccc(C)c(C)c2)n1C. The number of rotatable bonds is 6. The summed E-state index contributed by atoms with van der Waals surface area (Å²) in [4.78, 5) is 12.8. The molecule has 0 aliphatic rings. The van der Waals surface area contributed by atoms with E-state index in [1.54, 1.807) is 7.11 Å². The zero-order valence-electron chi connectivity index (χ0n) is 16.2. The fourth-order valence-electron chi connectivity index (χ4n) is 2.82. The van der Waals surface area contributed by atoms with Crippen molar-refractivity contribution in [3.05, 3.63) is 59.2 Å². The second-order valence-corrected chi connectivity index (χ2v) is 7.80. The van der Waals surface area contributed by atoms with E-state index in [1.807, 2.05) is 74.9 Å². The minimum absolute atomic E-state index is 0.0879. The van der Waals surface area contributed by atoms with Gasteiger partial charge in [-0.2, -0.15) is 0 Å². The first-order valence-corrected chi connectivity index (χ1v) is 9.61. The highest BCUT2D eigenvalue weighted by molar-refractivity contribution is 8.00. The average molecular weight is 382 g/mol. The maximum atomic E-state index is 12.8. The molecule has 0 bridgehead atoms. The highest BCUT2D eigenvalue weighted by atomic mass is 32.2. The van der Waals surface area contributed by atoms with Gasteiger partial charge in [-0.25, -0.2) is 0 Å². The van der Waals surface area contributed by atoms with Gasteiger partial charge in [-0.05, 0) is 50.1 Å². The number of hydrogen-bond acceptors (Lipinski definition) is 5. The van der Waals surface area contributed by atoms with Crippen molar-refractivity contribution in [2.75, 3.05) is 7.11 Å². The second kappa shape index (κ2) is 7.96. The number of aryl methyl sites for hydroxylation is 2. The molecule has 27 heavy (non-hydrogen) atoms. The fraction of sp³-hybridized carbons (Fsp3) is 0.286. The van der Waals surface area contributed by atoms with Crippen LogP contribution in [-0.4, -0.2) is 32.9 Å². The van der Waals surface area contributed by atoms with Gasteiger partial charge in [0.2, 0.25) is 0 Å². The monoisotopic (exact) mass is 381 g/mol. The van der Waals surface area contributed by atoms with E-state index in [4.69, 9.17) is 4.74 Å². The Morgan fingerprint density at radius 2 is 1.85 bits per heavy atom. The maximum absolute atomic E-state index is 12.8. The highest BCUT2D eigenvalue weighted by Gasteiger charge is 2.21. The Hall–Kier alpha value is -2.60. The topological polar surface area (TPSA) is 57.0 Å². The van der Waals surface area contributed by atoms with Crippen LogP contribution in [0.3, 0.4) is 0 Å². The van der Waals surface area contributed by atoms with E-state index in [0.717, 1.165) is 22.4 Å². The molecule has 6 heteroatoms. The first kappa shape index (κ1) is 19.2. The molecule has 0 saturated heterocycles. The van der Waals surface area contributed by atoms with Gasteiger partial charge < -0.3 is 9.30 Å². The van der Waals surface area contributed by atoms with Crippen LogP contribution in [0.1, 0.15) is 28.4 Å². The van der Waals surface area contributed by atoms with Crippen molar-refractivity contribution in [2.24, 2.45) is 7.05 Å². The molecule has 1 unspecified atom stereocenters. The van der Waals surface area contributed by atoms with Gasteiger partial charge in [0, 0.05) is 12.6 Å². The van der Waals surface area contributed by atoms with Crippen LogP contribution in [-0.2, 0) is 7.05 Å². The Labute approximate surface area is 163 Å². The minimum Gasteiger partial charge on any atom is -0.496 e. The van der Waals surface area contributed by atoms with Gasteiger partial charge in [0.05, 0.1) is 17.9 Å². The lowest BCUT2D eigenvalue weighted by molar-refractivity contribution is 0.0993. The van der Waals surface area contributed by atoms with Gasteiger partial charge >= 0.3 is 0 Å². The number of ketones is 1. The summed E-state index contributed by atoms with van der Waals surface area (Å²) in [7, 11) is 3.53. The summed E-state index contributed by atoms with van der Waals surface area (Å²) in [5.41, 5.74) is 3.90. The molecule has 0 saturated carbocycles. The van der Waals surface area contributed by atoms with E-state index >= 15 is 0 Å². The Morgan fingerprint density at radius 3 is 2.56 bits per heavy atom. The Kier molecular flexibility index (Phi) is 5.65. The molecule has 1 aromatic heterocycles. The molecule has 0 radical (unpaired) electrons. The van der Waals surface area contributed by atoms with Crippen LogP contribution in [0, 0.1) is 13.8 Å². The lowest BCUT2D eigenvalue weighted by atomic mass is 10.0. The minimum atomic E-state index is -0.263. The van der Waals surface area contributed by atoms with Gasteiger partial charge in [0.15, 0.2) is 16.8 Å². The third kappa shape index (κ3) is 3.90. The van der Waals surface area contributed by atoms with E-state index in [-0.39, 0.29) is 11.0 Å². The zero-order chi connectivity index (χ0) is 19.6. The summed E-state index contributed by atoms with van der Waals surface area (Å²) in [6.45, 7) is 5.96. The average Bonchev–Trinajstić information content (AvgIpc) is 3.03. The molecular formula is C21H23N3O2S. The summed E-state index contributed by atoms with van der Waals surface area (Å²) in [5.74, 6) is 1.54. The molecule has 3 aromatic rings. The van der Waals surface area contributed by atoms with Gasteiger partial charge in [-0.3, -0.25) is 4.79 Å². The predicted octanol–water partition coefficient (Wildman–Crippen LogP) is 4.47. The maximum Gasteiger partial charge on any atom is 0.191 e. The quantitative estimate of drug-likeness (QED) is 0.466. The van der Waals surface area contributed by atoms with E-state index < -0.39 is 0 Å². The molecule has 5 nitrogen and oxygen atoms in total. The number of ether oxygens (including phenoxy) is 1. The van der Waals surface area contributed by atoms with Crippen molar-refractivity contribution in [3.63, 3.8) is 0 Å². The standard InChI is InChI=1S/C21H23N3O2S/c1-13-10-11-16(12-14(13)2)19(25)15(3)27-21-23-22-20(24(21)4)17-8-6-7-9-18(17)26-5/h6-12,15H,1-5H3. The van der Waals surface area contributed by atoms with Crippen LogP contribution < -0.4 is 4.74 Å². The van der Waals surface area contributed by atoms with Gasteiger partial charge in [0.1, 0.15) is 5.75 Å². The van der Waals surface area contributed by atoms with Gasteiger partial charge in [-0.15, -0.1) is 10.2 Å². The van der Waals surface area contributed by atoms with Crippen LogP contribution >= 0.6 is 11.8 Å². The van der Waals surface area contributed by atoms with Crippen molar-refractivity contribution < 1.29 is 9.53 Å². The number of Topliss-reactive ketones (excluding diaryl/α,β-unsaturated/α-hetero) is 1. The summed E-state index contributed by atoms with van der Waals surface area (Å²) >= 11 is 1.41. The predicted molar refractivity (Wildman–Crippen MR) is 109 cm³/mol. The van der Waals surface area contributed by atoms with E-state index in [2.05, 4.69) is 10.2 Å². The highest BCUT2D eigenvalue weighted by Crippen LogP contribution is 2.31.